The second-order valence-electron chi connectivity index (χ2n) is 4.17. The molecule has 0 radical (unpaired) electrons. The number of fused-ring (bicyclic) bond motifs is 1. The van der Waals surface area contributed by atoms with Gasteiger partial charge < -0.3 is 9.67 Å². The summed E-state index contributed by atoms with van der Waals surface area (Å²) in [4.78, 5) is 8.96. The van der Waals surface area contributed by atoms with Gasteiger partial charge in [0.15, 0.2) is 5.65 Å². The molecule has 0 spiro atoms. The maximum absolute atomic E-state index is 9.24. The van der Waals surface area contributed by atoms with E-state index < -0.39 is 0 Å². The molecule has 0 saturated heterocycles. The van der Waals surface area contributed by atoms with E-state index in [1.165, 1.54) is 0 Å². The van der Waals surface area contributed by atoms with E-state index in [0.717, 1.165) is 27.0 Å². The summed E-state index contributed by atoms with van der Waals surface area (Å²) in [6.07, 6.45) is 1.74. The largest absolute Gasteiger partial charge is 0.395 e. The molecule has 0 aliphatic carbocycles. The zero-order chi connectivity index (χ0) is 13.2. The minimum absolute atomic E-state index is 0.0586. The van der Waals surface area contributed by atoms with Crippen molar-refractivity contribution in [1.29, 1.82) is 0 Å². The van der Waals surface area contributed by atoms with Gasteiger partial charge in [0.25, 0.3) is 0 Å². The van der Waals surface area contributed by atoms with Gasteiger partial charge in [-0.25, -0.2) is 9.97 Å². The predicted molar refractivity (Wildman–Crippen MR) is 77.7 cm³/mol. The van der Waals surface area contributed by atoms with Crippen LogP contribution in [0, 0.1) is 0 Å². The molecular weight excluding hydrogens is 306 g/mol. The first-order chi connectivity index (χ1) is 9.29. The summed E-state index contributed by atoms with van der Waals surface area (Å²) in [5, 5.41) is 9.24. The van der Waals surface area contributed by atoms with Gasteiger partial charge in [0.2, 0.25) is 0 Å². The fraction of sp³-hybridized carbons (Fsp3) is 0.143. The van der Waals surface area contributed by atoms with Gasteiger partial charge in [-0.05, 0) is 24.3 Å². The van der Waals surface area contributed by atoms with Gasteiger partial charge in [-0.3, -0.25) is 0 Å². The topological polar surface area (TPSA) is 50.9 Å². The molecule has 0 atom stereocenters. The normalized spacial score (nSPS) is 11.1. The van der Waals surface area contributed by atoms with Crippen LogP contribution in [-0.4, -0.2) is 26.2 Å². The van der Waals surface area contributed by atoms with Crippen LogP contribution < -0.4 is 0 Å². The van der Waals surface area contributed by atoms with Crippen LogP contribution in [0.1, 0.15) is 0 Å². The van der Waals surface area contributed by atoms with Crippen molar-refractivity contribution in [2.24, 2.45) is 0 Å². The molecule has 0 bridgehead atoms. The number of hydrogen-bond donors (Lipinski definition) is 1. The number of nitrogens with zero attached hydrogens (tertiary/aromatic N) is 3. The van der Waals surface area contributed by atoms with Crippen LogP contribution in [0.2, 0.25) is 0 Å². The van der Waals surface area contributed by atoms with Crippen LogP contribution in [0.4, 0.5) is 0 Å². The van der Waals surface area contributed by atoms with E-state index in [1.807, 2.05) is 41.0 Å². The van der Waals surface area contributed by atoms with E-state index in [0.29, 0.717) is 6.54 Å². The highest BCUT2D eigenvalue weighted by Gasteiger charge is 2.12. The zero-order valence-electron chi connectivity index (χ0n) is 10.1. The van der Waals surface area contributed by atoms with E-state index in [-0.39, 0.29) is 6.61 Å². The fourth-order valence-corrected chi connectivity index (χ4v) is 2.52. The number of aromatic nitrogens is 3. The number of benzene rings is 1. The Balaban J connectivity index is 2.25. The summed E-state index contributed by atoms with van der Waals surface area (Å²) in [6, 6.07) is 11.7. The van der Waals surface area contributed by atoms with Crippen molar-refractivity contribution < 1.29 is 5.11 Å². The van der Waals surface area contributed by atoms with Crippen molar-refractivity contribution in [2.75, 3.05) is 6.61 Å². The van der Waals surface area contributed by atoms with Gasteiger partial charge in [-0.15, -0.1) is 0 Å². The number of hydrogen-bond acceptors (Lipinski definition) is 3. The van der Waals surface area contributed by atoms with Gasteiger partial charge in [0.1, 0.15) is 11.3 Å². The zero-order valence-corrected chi connectivity index (χ0v) is 11.7. The van der Waals surface area contributed by atoms with Crippen molar-refractivity contribution in [3.05, 3.63) is 47.1 Å². The molecule has 0 aliphatic heterocycles. The van der Waals surface area contributed by atoms with E-state index in [9.17, 15) is 5.11 Å². The molecule has 2 aromatic heterocycles. The first-order valence-electron chi connectivity index (χ1n) is 5.97. The highest BCUT2D eigenvalue weighted by atomic mass is 79.9. The molecule has 1 aromatic carbocycles. The second kappa shape index (κ2) is 5.11. The third kappa shape index (κ3) is 2.27. The lowest BCUT2D eigenvalue weighted by atomic mass is 10.2. The van der Waals surface area contributed by atoms with Crippen molar-refractivity contribution in [1.82, 2.24) is 14.5 Å². The van der Waals surface area contributed by atoms with Crippen molar-refractivity contribution in [3.8, 4) is 11.4 Å². The molecule has 19 heavy (non-hydrogen) atoms. The van der Waals surface area contributed by atoms with Gasteiger partial charge >= 0.3 is 0 Å². The molecule has 0 aliphatic rings. The average molecular weight is 318 g/mol. The first kappa shape index (κ1) is 12.3. The highest BCUT2D eigenvalue weighted by Crippen LogP contribution is 2.25. The summed E-state index contributed by atoms with van der Waals surface area (Å²) in [7, 11) is 0. The summed E-state index contributed by atoms with van der Waals surface area (Å²) >= 11 is 3.46. The summed E-state index contributed by atoms with van der Waals surface area (Å²) in [5.74, 6) is 0.823. The van der Waals surface area contributed by atoms with Crippen molar-refractivity contribution in [3.63, 3.8) is 0 Å². The first-order valence-corrected chi connectivity index (χ1v) is 6.77. The molecular formula is C14H12BrN3O. The van der Waals surface area contributed by atoms with Gasteiger partial charge in [0.05, 0.1) is 6.61 Å². The number of imidazole rings is 1. The molecule has 0 saturated carbocycles. The quantitative estimate of drug-likeness (QED) is 0.808. The maximum atomic E-state index is 9.24. The van der Waals surface area contributed by atoms with Gasteiger partial charge in [-0.2, -0.15) is 0 Å². The predicted octanol–water partition coefficient (Wildman–Crippen LogP) is 2.85. The Morgan fingerprint density at radius 2 is 2.11 bits per heavy atom. The molecule has 4 nitrogen and oxygen atoms in total. The van der Waals surface area contributed by atoms with Crippen LogP contribution in [0.25, 0.3) is 22.6 Å². The Labute approximate surface area is 118 Å². The third-order valence-corrected chi connectivity index (χ3v) is 3.40. The van der Waals surface area contributed by atoms with Crippen LogP contribution in [-0.2, 0) is 6.54 Å². The molecule has 0 fully saturated rings. The molecule has 5 heteroatoms. The molecule has 0 amide bonds. The standard InChI is InChI=1S/C14H12BrN3O/c15-11-4-1-3-10(9-11)13-17-12-5-2-6-16-14(12)18(13)7-8-19/h1-6,9,19H,7-8H2. The SMILES string of the molecule is OCCn1c(-c2cccc(Br)c2)nc2cccnc21. The second-order valence-corrected chi connectivity index (χ2v) is 5.08. The molecule has 0 unspecified atom stereocenters. The molecule has 96 valence electrons. The monoisotopic (exact) mass is 317 g/mol. The van der Waals surface area contributed by atoms with Crippen LogP contribution in [0.3, 0.4) is 0 Å². The van der Waals surface area contributed by atoms with Crippen LogP contribution in [0.5, 0.6) is 0 Å². The van der Waals surface area contributed by atoms with Crippen molar-refractivity contribution in [2.45, 2.75) is 6.54 Å². The lowest BCUT2D eigenvalue weighted by molar-refractivity contribution is 0.278. The highest BCUT2D eigenvalue weighted by molar-refractivity contribution is 9.10. The third-order valence-electron chi connectivity index (χ3n) is 2.91. The average Bonchev–Trinajstić information content (AvgIpc) is 2.79. The summed E-state index contributed by atoms with van der Waals surface area (Å²) < 4.78 is 2.94. The Kier molecular flexibility index (Phi) is 3.31. The minimum Gasteiger partial charge on any atom is -0.395 e. The van der Waals surface area contributed by atoms with E-state index in [2.05, 4.69) is 25.9 Å². The van der Waals surface area contributed by atoms with Crippen molar-refractivity contribution >= 4 is 27.1 Å². The number of rotatable bonds is 3. The smallest absolute Gasteiger partial charge is 0.160 e. The Morgan fingerprint density at radius 3 is 2.89 bits per heavy atom. The Hall–Kier alpha value is -1.72. The number of pyridine rings is 1. The summed E-state index contributed by atoms with van der Waals surface area (Å²) in [6.45, 7) is 0.540. The summed E-state index contributed by atoms with van der Waals surface area (Å²) in [5.41, 5.74) is 2.64. The number of halogens is 1. The molecule has 1 N–H and O–H groups in total. The lowest BCUT2D eigenvalue weighted by Gasteiger charge is -2.06. The van der Waals surface area contributed by atoms with Crippen LogP contribution >= 0.6 is 15.9 Å². The minimum atomic E-state index is 0.0586. The molecule has 3 rings (SSSR count). The van der Waals surface area contributed by atoms with E-state index >= 15 is 0 Å². The van der Waals surface area contributed by atoms with E-state index in [1.54, 1.807) is 6.20 Å². The van der Waals surface area contributed by atoms with Gasteiger partial charge in [0, 0.05) is 22.8 Å². The Bertz CT molecular complexity index is 724. The number of aliphatic hydroxyl groups excluding tert-OH is 1. The van der Waals surface area contributed by atoms with Crippen LogP contribution in [0.15, 0.2) is 47.1 Å². The molecule has 2 heterocycles. The lowest BCUT2D eigenvalue weighted by Crippen LogP contribution is -2.04. The Morgan fingerprint density at radius 1 is 1.21 bits per heavy atom. The molecule has 3 aromatic rings. The van der Waals surface area contributed by atoms with Gasteiger partial charge in [-0.1, -0.05) is 28.1 Å². The number of aliphatic hydroxyl groups is 1. The van der Waals surface area contributed by atoms with E-state index in [4.69, 9.17) is 0 Å². The maximum Gasteiger partial charge on any atom is 0.160 e. The fourth-order valence-electron chi connectivity index (χ4n) is 2.12.